The number of hydrogen-bond donors (Lipinski definition) is 0. The van der Waals surface area contributed by atoms with E-state index in [-0.39, 0.29) is 5.78 Å². The smallest absolute Gasteiger partial charge is 0.147 e. The van der Waals surface area contributed by atoms with Gasteiger partial charge in [0.1, 0.15) is 11.5 Å². The monoisotopic (exact) mass is 384 g/mol. The average Bonchev–Trinajstić information content (AvgIpc) is 2.45. The van der Waals surface area contributed by atoms with E-state index in [0.717, 1.165) is 14.9 Å². The average molecular weight is 386 g/mol. The highest BCUT2D eigenvalue weighted by atomic mass is 79.9. The lowest BCUT2D eigenvalue weighted by Gasteiger charge is -2.08. The second-order valence-corrected chi connectivity index (χ2v) is 6.82. The van der Waals surface area contributed by atoms with Gasteiger partial charge in [0.05, 0.1) is 12.9 Å². The highest BCUT2D eigenvalue weighted by Gasteiger charge is 2.10. The maximum Gasteiger partial charge on any atom is 0.147 e. The van der Waals surface area contributed by atoms with Crippen molar-refractivity contribution >= 4 is 45.1 Å². The number of carbonyl (C=O) groups is 1. The van der Waals surface area contributed by atoms with Crippen molar-refractivity contribution in [2.45, 2.75) is 11.3 Å². The van der Waals surface area contributed by atoms with Gasteiger partial charge in [0, 0.05) is 26.4 Å². The Kier molecular flexibility index (Phi) is 6.15. The van der Waals surface area contributed by atoms with E-state index in [9.17, 15) is 4.79 Å². The van der Waals surface area contributed by atoms with E-state index in [1.165, 1.54) is 11.8 Å². The van der Waals surface area contributed by atoms with Crippen LogP contribution in [-0.4, -0.2) is 18.6 Å². The van der Waals surface area contributed by atoms with Crippen LogP contribution in [-0.2, 0) is 11.2 Å². The number of hydrogen-bond acceptors (Lipinski definition) is 3. The predicted molar refractivity (Wildman–Crippen MR) is 91.6 cm³/mol. The number of benzene rings is 2. The third-order valence-electron chi connectivity index (χ3n) is 2.83. The van der Waals surface area contributed by atoms with Crippen molar-refractivity contribution in [2.24, 2.45) is 0 Å². The molecule has 0 radical (unpaired) electrons. The van der Waals surface area contributed by atoms with E-state index in [1.807, 2.05) is 24.3 Å². The number of rotatable bonds is 6. The summed E-state index contributed by atoms with van der Waals surface area (Å²) in [5.74, 6) is 1.26. The zero-order chi connectivity index (χ0) is 15.2. The Balaban J connectivity index is 1.97. The maximum absolute atomic E-state index is 12.1. The topological polar surface area (TPSA) is 26.3 Å². The third-order valence-corrected chi connectivity index (χ3v) is 4.61. The number of carbonyl (C=O) groups excluding carboxylic acids is 1. The Labute approximate surface area is 142 Å². The van der Waals surface area contributed by atoms with Crippen molar-refractivity contribution in [3.05, 3.63) is 57.5 Å². The van der Waals surface area contributed by atoms with Gasteiger partial charge in [0.2, 0.25) is 0 Å². The van der Waals surface area contributed by atoms with Crippen LogP contribution in [0.15, 0.2) is 51.8 Å². The van der Waals surface area contributed by atoms with Gasteiger partial charge in [-0.15, -0.1) is 11.8 Å². The summed E-state index contributed by atoms with van der Waals surface area (Å²) >= 11 is 10.9. The molecule has 21 heavy (non-hydrogen) atoms. The van der Waals surface area contributed by atoms with Crippen LogP contribution in [0.1, 0.15) is 5.56 Å². The summed E-state index contributed by atoms with van der Waals surface area (Å²) in [7, 11) is 1.59. The lowest BCUT2D eigenvalue weighted by atomic mass is 10.1. The molecule has 0 unspecified atom stereocenters. The first-order chi connectivity index (χ1) is 10.1. The van der Waals surface area contributed by atoms with E-state index in [4.69, 9.17) is 16.3 Å². The van der Waals surface area contributed by atoms with Gasteiger partial charge in [-0.05, 0) is 36.4 Å². The Bertz CT molecular complexity index is 646. The van der Waals surface area contributed by atoms with E-state index in [1.54, 1.807) is 25.3 Å². The van der Waals surface area contributed by atoms with Crippen LogP contribution < -0.4 is 4.74 Å². The summed E-state index contributed by atoms with van der Waals surface area (Å²) in [5.41, 5.74) is 0.824. The quantitative estimate of drug-likeness (QED) is 0.653. The third kappa shape index (κ3) is 5.06. The van der Waals surface area contributed by atoms with Crippen LogP contribution >= 0.6 is 39.3 Å². The molecule has 2 nitrogen and oxygen atoms in total. The number of Topliss-reactive ketones (excluding diaryl/α,β-unsaturated/α-hetero) is 1. The van der Waals surface area contributed by atoms with Gasteiger partial charge < -0.3 is 4.74 Å². The molecule has 0 saturated heterocycles. The number of halogens is 2. The van der Waals surface area contributed by atoms with Crippen LogP contribution in [0.25, 0.3) is 0 Å². The molecule has 0 bridgehead atoms. The van der Waals surface area contributed by atoms with Crippen LogP contribution in [0.2, 0.25) is 5.02 Å². The molecule has 2 aromatic rings. The summed E-state index contributed by atoms with van der Waals surface area (Å²) in [6, 6.07) is 13.2. The number of methoxy groups -OCH3 is 1. The SMILES string of the molecule is COc1ccc(Cl)cc1CC(=O)CSc1cccc(Br)c1. The van der Waals surface area contributed by atoms with Crippen LogP contribution in [0.5, 0.6) is 5.75 Å². The van der Waals surface area contributed by atoms with Crippen LogP contribution in [0, 0.1) is 0 Å². The molecule has 0 spiro atoms. The number of ether oxygens (including phenoxy) is 1. The lowest BCUT2D eigenvalue weighted by molar-refractivity contribution is -0.116. The molecule has 2 rings (SSSR count). The van der Waals surface area contributed by atoms with Crippen molar-refractivity contribution in [1.29, 1.82) is 0 Å². The van der Waals surface area contributed by atoms with Crippen molar-refractivity contribution in [1.82, 2.24) is 0 Å². The van der Waals surface area contributed by atoms with Crippen LogP contribution in [0.3, 0.4) is 0 Å². The molecule has 0 fully saturated rings. The molecule has 0 heterocycles. The minimum atomic E-state index is 0.139. The fourth-order valence-electron chi connectivity index (χ4n) is 1.87. The van der Waals surface area contributed by atoms with E-state index in [0.29, 0.717) is 22.9 Å². The summed E-state index contributed by atoms with van der Waals surface area (Å²) in [6.45, 7) is 0. The van der Waals surface area contributed by atoms with Gasteiger partial charge in [0.25, 0.3) is 0 Å². The van der Waals surface area contributed by atoms with Gasteiger partial charge in [-0.3, -0.25) is 4.79 Å². The summed E-state index contributed by atoms with van der Waals surface area (Å²) in [4.78, 5) is 13.2. The number of thioether (sulfide) groups is 1. The van der Waals surface area contributed by atoms with Gasteiger partial charge in [-0.1, -0.05) is 33.6 Å². The highest BCUT2D eigenvalue weighted by Crippen LogP contribution is 2.25. The molecule has 0 aliphatic carbocycles. The number of ketones is 1. The molecule has 110 valence electrons. The van der Waals surface area contributed by atoms with Gasteiger partial charge in [-0.2, -0.15) is 0 Å². The Morgan fingerprint density at radius 2 is 2.10 bits per heavy atom. The first-order valence-corrected chi connectivity index (χ1v) is 8.46. The summed E-state index contributed by atoms with van der Waals surface area (Å²) in [5, 5.41) is 0.609. The Morgan fingerprint density at radius 1 is 1.29 bits per heavy atom. The van der Waals surface area contributed by atoms with Crippen molar-refractivity contribution in [3.8, 4) is 5.75 Å². The summed E-state index contributed by atoms with van der Waals surface area (Å²) < 4.78 is 6.27. The minimum absolute atomic E-state index is 0.139. The normalized spacial score (nSPS) is 10.4. The fourth-order valence-corrected chi connectivity index (χ4v) is 3.43. The predicted octanol–water partition coefficient (Wildman–Crippen LogP) is 5.02. The molecule has 0 N–H and O–H groups in total. The first-order valence-electron chi connectivity index (χ1n) is 6.31. The fraction of sp³-hybridized carbons (Fsp3) is 0.188. The molecule has 0 saturated carbocycles. The lowest BCUT2D eigenvalue weighted by Crippen LogP contribution is -2.07. The maximum atomic E-state index is 12.1. The molecule has 0 atom stereocenters. The van der Waals surface area contributed by atoms with Crippen molar-refractivity contribution in [2.75, 3.05) is 12.9 Å². The minimum Gasteiger partial charge on any atom is -0.496 e. The second-order valence-electron chi connectivity index (χ2n) is 4.42. The van der Waals surface area contributed by atoms with Crippen molar-refractivity contribution < 1.29 is 9.53 Å². The first kappa shape index (κ1) is 16.4. The van der Waals surface area contributed by atoms with Crippen molar-refractivity contribution in [3.63, 3.8) is 0 Å². The zero-order valence-electron chi connectivity index (χ0n) is 11.4. The van der Waals surface area contributed by atoms with E-state index >= 15 is 0 Å². The molecule has 0 amide bonds. The summed E-state index contributed by atoms with van der Waals surface area (Å²) in [6.07, 6.45) is 0.324. The standard InChI is InChI=1S/C16H14BrClO2S/c1-20-16-6-5-13(18)7-11(16)8-14(19)10-21-15-4-2-3-12(17)9-15/h2-7,9H,8,10H2,1H3. The Hall–Kier alpha value is -0.970. The van der Waals surface area contributed by atoms with Gasteiger partial charge in [0.15, 0.2) is 0 Å². The molecule has 2 aromatic carbocycles. The molecular formula is C16H14BrClO2S. The van der Waals surface area contributed by atoms with Gasteiger partial charge >= 0.3 is 0 Å². The largest absolute Gasteiger partial charge is 0.496 e. The van der Waals surface area contributed by atoms with Gasteiger partial charge in [-0.25, -0.2) is 0 Å². The molecule has 0 aliphatic rings. The highest BCUT2D eigenvalue weighted by molar-refractivity contribution is 9.10. The molecule has 5 heteroatoms. The van der Waals surface area contributed by atoms with E-state index < -0.39 is 0 Å². The zero-order valence-corrected chi connectivity index (χ0v) is 14.6. The molecule has 0 aliphatic heterocycles. The Morgan fingerprint density at radius 3 is 2.81 bits per heavy atom. The second kappa shape index (κ2) is 7.87. The van der Waals surface area contributed by atoms with E-state index in [2.05, 4.69) is 15.9 Å². The molecular weight excluding hydrogens is 372 g/mol. The molecule has 0 aromatic heterocycles. The van der Waals surface area contributed by atoms with Crippen LogP contribution in [0.4, 0.5) is 0 Å².